The van der Waals surface area contributed by atoms with Crippen molar-refractivity contribution in [2.45, 2.75) is 84.5 Å². The topological polar surface area (TPSA) is 0 Å². The number of hydrogen-bond donors (Lipinski definition) is 0. The number of rotatable bonds is 12. The minimum Gasteiger partial charge on any atom is -0.120 e. The van der Waals surface area contributed by atoms with Crippen LogP contribution in [0.4, 0.5) is 0 Å². The predicted molar refractivity (Wildman–Crippen MR) is 83.6 cm³/mol. The highest BCUT2D eigenvalue weighted by molar-refractivity contribution is 5.01. The molecule has 104 valence electrons. The summed E-state index contributed by atoms with van der Waals surface area (Å²) in [6.07, 6.45) is 20.2. The molecule has 0 nitrogen and oxygen atoms in total. The average molecular weight is 248 g/mol. The fraction of sp³-hybridized carbons (Fsp3) is 0.778. The minimum absolute atomic E-state index is 0.423. The van der Waals surface area contributed by atoms with Crippen LogP contribution in [0.5, 0.6) is 0 Å². The van der Waals surface area contributed by atoms with E-state index in [1.165, 1.54) is 69.8 Å². The van der Waals surface area contributed by atoms with E-state index in [4.69, 9.17) is 6.42 Å². The van der Waals surface area contributed by atoms with Crippen molar-refractivity contribution in [1.82, 2.24) is 0 Å². The highest BCUT2D eigenvalue weighted by Gasteiger charge is 2.04. The summed E-state index contributed by atoms with van der Waals surface area (Å²) < 4.78 is 0. The van der Waals surface area contributed by atoms with Crippen LogP contribution in [0.1, 0.15) is 84.5 Å². The third-order valence-electron chi connectivity index (χ3n) is 3.49. The standard InChI is InChI=1S/C18H32/c1-5-7-8-9-10-11-12-13-14-15-18(6-2)16-17(3)4/h2,18H,3,5,7-16H2,1,4H3. The molecule has 0 rings (SSSR count). The fourth-order valence-electron chi connectivity index (χ4n) is 2.37. The first-order valence-electron chi connectivity index (χ1n) is 7.81. The number of terminal acetylenes is 1. The van der Waals surface area contributed by atoms with Gasteiger partial charge < -0.3 is 0 Å². The van der Waals surface area contributed by atoms with Crippen LogP contribution in [0.15, 0.2) is 12.2 Å². The average Bonchev–Trinajstić information content (AvgIpc) is 2.35. The predicted octanol–water partition coefficient (Wildman–Crippen LogP) is 6.12. The lowest BCUT2D eigenvalue weighted by Crippen LogP contribution is -1.97. The monoisotopic (exact) mass is 248 g/mol. The quantitative estimate of drug-likeness (QED) is 0.222. The largest absolute Gasteiger partial charge is 0.120 e. The van der Waals surface area contributed by atoms with E-state index in [2.05, 4.69) is 26.3 Å². The molecule has 0 heterocycles. The minimum atomic E-state index is 0.423. The summed E-state index contributed by atoms with van der Waals surface area (Å²) in [5.74, 6) is 3.32. The zero-order valence-corrected chi connectivity index (χ0v) is 12.6. The zero-order chi connectivity index (χ0) is 13.6. The van der Waals surface area contributed by atoms with Gasteiger partial charge in [0.25, 0.3) is 0 Å². The van der Waals surface area contributed by atoms with E-state index in [1.807, 2.05) is 0 Å². The summed E-state index contributed by atoms with van der Waals surface area (Å²) in [4.78, 5) is 0. The first-order chi connectivity index (χ1) is 8.70. The van der Waals surface area contributed by atoms with Gasteiger partial charge in [0, 0.05) is 5.92 Å². The zero-order valence-electron chi connectivity index (χ0n) is 12.6. The Morgan fingerprint density at radius 3 is 1.94 bits per heavy atom. The van der Waals surface area contributed by atoms with Gasteiger partial charge in [-0.15, -0.1) is 18.9 Å². The SMILES string of the molecule is C#CC(CCCCCCCCCCC)CC(=C)C. The molecule has 1 unspecified atom stereocenters. The van der Waals surface area contributed by atoms with E-state index in [0.29, 0.717) is 5.92 Å². The van der Waals surface area contributed by atoms with Gasteiger partial charge in [0.1, 0.15) is 0 Å². The van der Waals surface area contributed by atoms with Crippen molar-refractivity contribution >= 4 is 0 Å². The van der Waals surface area contributed by atoms with Crippen LogP contribution >= 0.6 is 0 Å². The molecule has 0 saturated heterocycles. The van der Waals surface area contributed by atoms with Gasteiger partial charge in [-0.25, -0.2) is 0 Å². The van der Waals surface area contributed by atoms with Gasteiger partial charge in [0.05, 0.1) is 0 Å². The first kappa shape index (κ1) is 17.3. The molecule has 1 atom stereocenters. The molecule has 0 radical (unpaired) electrons. The Kier molecular flexibility index (Phi) is 12.3. The molecule has 0 aromatic heterocycles. The Balaban J connectivity index is 3.28. The van der Waals surface area contributed by atoms with Crippen LogP contribution in [-0.4, -0.2) is 0 Å². The molecule has 0 aromatic carbocycles. The van der Waals surface area contributed by atoms with Crippen LogP contribution in [-0.2, 0) is 0 Å². The van der Waals surface area contributed by atoms with Crippen LogP contribution in [0.3, 0.4) is 0 Å². The summed E-state index contributed by atoms with van der Waals surface area (Å²) in [6.45, 7) is 8.28. The summed E-state index contributed by atoms with van der Waals surface area (Å²) in [5, 5.41) is 0. The highest BCUT2D eigenvalue weighted by atomic mass is 14.1. The van der Waals surface area contributed by atoms with Crippen LogP contribution in [0, 0.1) is 18.3 Å². The molecular weight excluding hydrogens is 216 g/mol. The van der Waals surface area contributed by atoms with Gasteiger partial charge in [0.2, 0.25) is 0 Å². The second-order valence-electron chi connectivity index (χ2n) is 5.64. The van der Waals surface area contributed by atoms with Crippen molar-refractivity contribution < 1.29 is 0 Å². The van der Waals surface area contributed by atoms with E-state index >= 15 is 0 Å². The van der Waals surface area contributed by atoms with Crippen molar-refractivity contribution in [3.05, 3.63) is 12.2 Å². The lowest BCUT2D eigenvalue weighted by atomic mass is 9.95. The molecule has 0 aromatic rings. The highest BCUT2D eigenvalue weighted by Crippen LogP contribution is 2.18. The van der Waals surface area contributed by atoms with Crippen LogP contribution in [0.25, 0.3) is 0 Å². The Hall–Kier alpha value is -0.700. The molecule has 0 saturated carbocycles. The molecule has 0 bridgehead atoms. The molecule has 0 heteroatoms. The molecule has 0 N–H and O–H groups in total. The van der Waals surface area contributed by atoms with Gasteiger partial charge in [-0.2, -0.15) is 0 Å². The molecule has 0 spiro atoms. The number of unbranched alkanes of at least 4 members (excludes halogenated alkanes) is 8. The molecule has 18 heavy (non-hydrogen) atoms. The molecule has 0 aliphatic carbocycles. The van der Waals surface area contributed by atoms with Crippen molar-refractivity contribution in [2.75, 3.05) is 0 Å². The van der Waals surface area contributed by atoms with Crippen molar-refractivity contribution in [3.8, 4) is 12.3 Å². The third kappa shape index (κ3) is 11.8. The van der Waals surface area contributed by atoms with E-state index in [0.717, 1.165) is 6.42 Å². The summed E-state index contributed by atoms with van der Waals surface area (Å²) >= 11 is 0. The normalized spacial score (nSPS) is 12.1. The van der Waals surface area contributed by atoms with Crippen molar-refractivity contribution in [1.29, 1.82) is 0 Å². The third-order valence-corrected chi connectivity index (χ3v) is 3.49. The van der Waals surface area contributed by atoms with E-state index in [-0.39, 0.29) is 0 Å². The lowest BCUT2D eigenvalue weighted by molar-refractivity contribution is 0.517. The van der Waals surface area contributed by atoms with Crippen LogP contribution in [0.2, 0.25) is 0 Å². The Bertz CT molecular complexity index is 231. The van der Waals surface area contributed by atoms with Crippen LogP contribution < -0.4 is 0 Å². The Morgan fingerprint density at radius 1 is 1.00 bits per heavy atom. The van der Waals surface area contributed by atoms with E-state index < -0.39 is 0 Å². The van der Waals surface area contributed by atoms with Gasteiger partial charge in [-0.1, -0.05) is 70.3 Å². The molecule has 0 fully saturated rings. The summed E-state index contributed by atoms with van der Waals surface area (Å²) in [7, 11) is 0. The maximum Gasteiger partial charge on any atom is 0.0237 e. The Labute approximate surface area is 115 Å². The molecular formula is C18H32. The molecule has 0 amide bonds. The summed E-state index contributed by atoms with van der Waals surface area (Å²) in [6, 6.07) is 0. The van der Waals surface area contributed by atoms with Crippen molar-refractivity contribution in [3.63, 3.8) is 0 Å². The second-order valence-corrected chi connectivity index (χ2v) is 5.64. The molecule has 0 aliphatic rings. The fourth-order valence-corrected chi connectivity index (χ4v) is 2.37. The maximum atomic E-state index is 5.54. The summed E-state index contributed by atoms with van der Waals surface area (Å²) in [5.41, 5.74) is 1.22. The van der Waals surface area contributed by atoms with Gasteiger partial charge in [-0.3, -0.25) is 0 Å². The number of hydrogen-bond acceptors (Lipinski definition) is 0. The van der Waals surface area contributed by atoms with Crippen molar-refractivity contribution in [2.24, 2.45) is 5.92 Å². The van der Waals surface area contributed by atoms with E-state index in [9.17, 15) is 0 Å². The first-order valence-corrected chi connectivity index (χ1v) is 7.81. The lowest BCUT2D eigenvalue weighted by Gasteiger charge is -2.10. The van der Waals surface area contributed by atoms with Gasteiger partial charge >= 0.3 is 0 Å². The molecule has 0 aliphatic heterocycles. The second kappa shape index (κ2) is 12.7. The smallest absolute Gasteiger partial charge is 0.0237 e. The Morgan fingerprint density at radius 2 is 1.50 bits per heavy atom. The number of allylic oxidation sites excluding steroid dienone is 1. The van der Waals surface area contributed by atoms with E-state index in [1.54, 1.807) is 0 Å². The van der Waals surface area contributed by atoms with Gasteiger partial charge in [-0.05, 0) is 19.8 Å². The van der Waals surface area contributed by atoms with Gasteiger partial charge in [0.15, 0.2) is 0 Å². The maximum absolute atomic E-state index is 5.54.